The molecule has 1 aliphatic rings. The van der Waals surface area contributed by atoms with E-state index in [9.17, 15) is 5.11 Å². The highest BCUT2D eigenvalue weighted by Crippen LogP contribution is 2.37. The van der Waals surface area contributed by atoms with Gasteiger partial charge in [0.25, 0.3) is 0 Å². The molecule has 0 aromatic heterocycles. The normalized spacial score (nSPS) is 23.9. The molecule has 100 valence electrons. The molecule has 1 atom stereocenters. The summed E-state index contributed by atoms with van der Waals surface area (Å²) in [6, 6.07) is 6.33. The summed E-state index contributed by atoms with van der Waals surface area (Å²) in [6.07, 6.45) is 3.12. The smallest absolute Gasteiger partial charge is 0.122 e. The van der Waals surface area contributed by atoms with Gasteiger partial charge < -0.3 is 15.2 Å². The number of methoxy groups -OCH3 is 1. The van der Waals surface area contributed by atoms with E-state index in [1.807, 2.05) is 6.07 Å². The summed E-state index contributed by atoms with van der Waals surface area (Å²) >= 11 is 0. The average Bonchev–Trinajstić information content (AvgIpc) is 2.47. The van der Waals surface area contributed by atoms with Gasteiger partial charge in [0.1, 0.15) is 5.75 Å². The van der Waals surface area contributed by atoms with Crippen molar-refractivity contribution in [3.63, 3.8) is 0 Å². The molecule has 0 spiro atoms. The first-order valence-electron chi connectivity index (χ1n) is 6.75. The van der Waals surface area contributed by atoms with Gasteiger partial charge >= 0.3 is 0 Å². The molecule has 2 N–H and O–H groups in total. The molecule has 1 aromatic rings. The van der Waals surface area contributed by atoms with Crippen molar-refractivity contribution in [3.05, 3.63) is 29.3 Å². The van der Waals surface area contributed by atoms with Crippen LogP contribution in [0.15, 0.2) is 18.2 Å². The van der Waals surface area contributed by atoms with Crippen LogP contribution in [0.4, 0.5) is 0 Å². The molecule has 0 saturated carbocycles. The van der Waals surface area contributed by atoms with Crippen LogP contribution in [0, 0.1) is 0 Å². The van der Waals surface area contributed by atoms with Crippen LogP contribution in [0.1, 0.15) is 30.9 Å². The van der Waals surface area contributed by atoms with Gasteiger partial charge in [0.05, 0.1) is 13.7 Å². The Hall–Kier alpha value is -1.06. The predicted octanol–water partition coefficient (Wildman–Crippen LogP) is 1.87. The Morgan fingerprint density at radius 3 is 2.83 bits per heavy atom. The lowest BCUT2D eigenvalue weighted by atomic mass is 9.74. The molecule has 1 aromatic carbocycles. The second-order valence-corrected chi connectivity index (χ2v) is 5.11. The van der Waals surface area contributed by atoms with E-state index in [4.69, 9.17) is 4.74 Å². The van der Waals surface area contributed by atoms with Crippen molar-refractivity contribution in [2.45, 2.75) is 31.6 Å². The highest BCUT2D eigenvalue weighted by atomic mass is 16.5. The Bertz CT molecular complexity index is 397. The summed E-state index contributed by atoms with van der Waals surface area (Å²) in [5, 5.41) is 13.3. The van der Waals surface area contributed by atoms with Crippen molar-refractivity contribution in [3.8, 4) is 5.75 Å². The number of aliphatic hydroxyl groups is 1. The highest BCUT2D eigenvalue weighted by Gasteiger charge is 2.35. The third-order valence-electron chi connectivity index (χ3n) is 4.02. The summed E-state index contributed by atoms with van der Waals surface area (Å²) in [4.78, 5) is 0. The number of nitrogens with one attached hydrogen (secondary N) is 1. The summed E-state index contributed by atoms with van der Waals surface area (Å²) in [7, 11) is 1.70. The maximum Gasteiger partial charge on any atom is 0.122 e. The minimum Gasteiger partial charge on any atom is -0.496 e. The van der Waals surface area contributed by atoms with Crippen molar-refractivity contribution in [2.75, 3.05) is 26.8 Å². The minimum atomic E-state index is -0.186. The number of hydrogen-bond donors (Lipinski definition) is 2. The minimum absolute atomic E-state index is 0.170. The number of aliphatic hydroxyl groups excluding tert-OH is 1. The lowest BCUT2D eigenvalue weighted by Gasteiger charge is -2.37. The van der Waals surface area contributed by atoms with E-state index >= 15 is 0 Å². The quantitative estimate of drug-likeness (QED) is 0.856. The number of ether oxygens (including phenoxy) is 1. The molecule has 3 heteroatoms. The highest BCUT2D eigenvalue weighted by molar-refractivity contribution is 5.43. The van der Waals surface area contributed by atoms with Gasteiger partial charge in [-0.05, 0) is 37.4 Å². The molecule has 0 bridgehead atoms. The first-order chi connectivity index (χ1) is 8.75. The largest absolute Gasteiger partial charge is 0.496 e. The van der Waals surface area contributed by atoms with Gasteiger partial charge in [0.15, 0.2) is 0 Å². The van der Waals surface area contributed by atoms with Crippen LogP contribution in [0.5, 0.6) is 5.75 Å². The monoisotopic (exact) mass is 249 g/mol. The second kappa shape index (κ2) is 5.72. The standard InChI is InChI=1S/C15H23NO2/c1-3-12-5-6-14(18-2)13(9-12)15(11-17)7-4-8-16-10-15/h5-6,9,16-17H,3-4,7-8,10-11H2,1-2H3. The summed E-state index contributed by atoms with van der Waals surface area (Å²) < 4.78 is 5.49. The van der Waals surface area contributed by atoms with Crippen molar-refractivity contribution < 1.29 is 9.84 Å². The maximum atomic E-state index is 9.88. The fourth-order valence-corrected chi connectivity index (χ4v) is 2.81. The molecule has 1 fully saturated rings. The van der Waals surface area contributed by atoms with Gasteiger partial charge in [-0.1, -0.05) is 19.1 Å². The second-order valence-electron chi connectivity index (χ2n) is 5.11. The van der Waals surface area contributed by atoms with Gasteiger partial charge in [-0.2, -0.15) is 0 Å². The van der Waals surface area contributed by atoms with Crippen molar-refractivity contribution in [2.24, 2.45) is 0 Å². The maximum absolute atomic E-state index is 9.88. The summed E-state index contributed by atoms with van der Waals surface area (Å²) in [6.45, 7) is 4.18. The predicted molar refractivity (Wildman–Crippen MR) is 73.2 cm³/mol. The number of aryl methyl sites for hydroxylation is 1. The lowest BCUT2D eigenvalue weighted by molar-refractivity contribution is 0.159. The van der Waals surface area contributed by atoms with Crippen LogP contribution < -0.4 is 10.1 Å². The van der Waals surface area contributed by atoms with Crippen molar-refractivity contribution in [1.29, 1.82) is 0 Å². The third kappa shape index (κ3) is 2.38. The van der Waals surface area contributed by atoms with Crippen LogP contribution in [-0.4, -0.2) is 31.9 Å². The Morgan fingerprint density at radius 2 is 2.28 bits per heavy atom. The Labute approximate surface area is 109 Å². The first kappa shape index (κ1) is 13.4. The zero-order valence-electron chi connectivity index (χ0n) is 11.3. The number of piperidine rings is 1. The zero-order chi connectivity index (χ0) is 13.0. The SMILES string of the molecule is CCc1ccc(OC)c(C2(CO)CCCNC2)c1. The molecular weight excluding hydrogens is 226 g/mol. The van der Waals surface area contributed by atoms with E-state index in [1.165, 1.54) is 5.56 Å². The van der Waals surface area contributed by atoms with E-state index in [0.717, 1.165) is 43.7 Å². The molecule has 0 radical (unpaired) electrons. The van der Waals surface area contributed by atoms with Gasteiger partial charge in [0.2, 0.25) is 0 Å². The fraction of sp³-hybridized carbons (Fsp3) is 0.600. The lowest BCUT2D eigenvalue weighted by Crippen LogP contribution is -2.46. The molecule has 0 amide bonds. The molecule has 0 aliphatic carbocycles. The molecule has 1 heterocycles. The fourth-order valence-electron chi connectivity index (χ4n) is 2.81. The van der Waals surface area contributed by atoms with Gasteiger partial charge in [-0.25, -0.2) is 0 Å². The van der Waals surface area contributed by atoms with Crippen LogP contribution in [0.2, 0.25) is 0 Å². The molecule has 3 nitrogen and oxygen atoms in total. The van der Waals surface area contributed by atoms with Crippen LogP contribution in [0.25, 0.3) is 0 Å². The van der Waals surface area contributed by atoms with Gasteiger partial charge in [-0.15, -0.1) is 0 Å². The number of benzene rings is 1. The van der Waals surface area contributed by atoms with Crippen LogP contribution >= 0.6 is 0 Å². The summed E-state index contributed by atoms with van der Waals surface area (Å²) in [5.74, 6) is 0.893. The summed E-state index contributed by atoms with van der Waals surface area (Å²) in [5.41, 5.74) is 2.26. The number of rotatable bonds is 4. The first-order valence-corrected chi connectivity index (χ1v) is 6.75. The molecule has 1 unspecified atom stereocenters. The average molecular weight is 249 g/mol. The Balaban J connectivity index is 2.44. The molecule has 1 aliphatic heterocycles. The third-order valence-corrected chi connectivity index (χ3v) is 4.02. The molecule has 18 heavy (non-hydrogen) atoms. The topological polar surface area (TPSA) is 41.5 Å². The Kier molecular flexibility index (Phi) is 4.25. The van der Waals surface area contributed by atoms with Crippen molar-refractivity contribution in [1.82, 2.24) is 5.32 Å². The van der Waals surface area contributed by atoms with E-state index in [0.29, 0.717) is 0 Å². The van der Waals surface area contributed by atoms with Crippen LogP contribution in [-0.2, 0) is 11.8 Å². The molecule has 2 rings (SSSR count). The van der Waals surface area contributed by atoms with Crippen molar-refractivity contribution >= 4 is 0 Å². The van der Waals surface area contributed by atoms with E-state index < -0.39 is 0 Å². The van der Waals surface area contributed by atoms with E-state index in [1.54, 1.807) is 7.11 Å². The molecule has 1 saturated heterocycles. The van der Waals surface area contributed by atoms with E-state index in [-0.39, 0.29) is 12.0 Å². The van der Waals surface area contributed by atoms with Gasteiger partial charge in [0, 0.05) is 17.5 Å². The van der Waals surface area contributed by atoms with E-state index in [2.05, 4.69) is 24.4 Å². The van der Waals surface area contributed by atoms with Crippen LogP contribution in [0.3, 0.4) is 0 Å². The molecular formula is C15H23NO2. The zero-order valence-corrected chi connectivity index (χ0v) is 11.3. The number of hydrogen-bond acceptors (Lipinski definition) is 3. The Morgan fingerprint density at radius 1 is 1.44 bits per heavy atom. The van der Waals surface area contributed by atoms with Gasteiger partial charge in [-0.3, -0.25) is 0 Å².